The Labute approximate surface area is 176 Å². The van der Waals surface area contributed by atoms with E-state index < -0.39 is 23.4 Å². The van der Waals surface area contributed by atoms with Crippen LogP contribution in [-0.2, 0) is 14.3 Å². The number of thiophene rings is 1. The van der Waals surface area contributed by atoms with Gasteiger partial charge in [0.1, 0.15) is 5.69 Å². The third-order valence-electron chi connectivity index (χ3n) is 4.13. The predicted molar refractivity (Wildman–Crippen MR) is 116 cm³/mol. The summed E-state index contributed by atoms with van der Waals surface area (Å²) in [6.45, 7) is 1.09. The molecule has 152 valence electrons. The minimum absolute atomic E-state index is 0.0890. The number of nitro benzene ring substituents is 1. The Balaban J connectivity index is 1.55. The van der Waals surface area contributed by atoms with Gasteiger partial charge in [0.2, 0.25) is 0 Å². The average Bonchev–Trinajstić information content (AvgIpc) is 3.22. The minimum atomic E-state index is -0.681. The lowest BCUT2D eigenvalue weighted by molar-refractivity contribution is -0.384. The largest absolute Gasteiger partial charge is 0.452 e. The molecule has 7 nitrogen and oxygen atoms in total. The van der Waals surface area contributed by atoms with Crippen LogP contribution in [0.1, 0.15) is 10.4 Å². The van der Waals surface area contributed by atoms with Crippen LogP contribution in [-0.4, -0.2) is 23.4 Å². The highest BCUT2D eigenvalue weighted by Gasteiger charge is 2.18. The number of benzene rings is 2. The number of amides is 1. The molecule has 30 heavy (non-hydrogen) atoms. The molecule has 0 aliphatic carbocycles. The smallest absolute Gasteiger partial charge is 0.331 e. The van der Waals surface area contributed by atoms with E-state index in [0.717, 1.165) is 15.3 Å². The number of esters is 1. The van der Waals surface area contributed by atoms with E-state index >= 15 is 0 Å². The molecule has 1 amide bonds. The molecule has 3 rings (SSSR count). The average molecular weight is 422 g/mol. The second kappa shape index (κ2) is 9.62. The van der Waals surface area contributed by atoms with E-state index in [0.29, 0.717) is 5.56 Å². The van der Waals surface area contributed by atoms with Gasteiger partial charge in [0.25, 0.3) is 11.6 Å². The number of carbonyl (C=O) groups is 2. The summed E-state index contributed by atoms with van der Waals surface area (Å²) in [5.74, 6) is -1.34. The van der Waals surface area contributed by atoms with Crippen molar-refractivity contribution in [3.8, 4) is 10.4 Å². The topological polar surface area (TPSA) is 98.5 Å². The van der Waals surface area contributed by atoms with Crippen LogP contribution in [0.25, 0.3) is 16.5 Å². The van der Waals surface area contributed by atoms with Gasteiger partial charge in [-0.15, -0.1) is 11.3 Å². The predicted octanol–water partition coefficient (Wildman–Crippen LogP) is 4.83. The SMILES string of the molecule is Cc1cccc([N+](=O)[O-])c1NC(=O)COC(=O)/C=C/c1ccc(-c2ccccc2)s1. The number of hydrogen-bond donors (Lipinski definition) is 1. The molecule has 1 heterocycles. The van der Waals surface area contributed by atoms with Gasteiger partial charge in [-0.1, -0.05) is 42.5 Å². The molecule has 1 aromatic heterocycles. The summed E-state index contributed by atoms with van der Waals surface area (Å²) >= 11 is 1.52. The molecule has 0 unspecified atom stereocenters. The van der Waals surface area contributed by atoms with Gasteiger partial charge in [0, 0.05) is 21.9 Å². The number of hydrogen-bond acceptors (Lipinski definition) is 6. The Bertz CT molecular complexity index is 1110. The molecule has 2 aromatic carbocycles. The molecule has 0 bridgehead atoms. The number of aryl methyl sites for hydroxylation is 1. The maximum absolute atomic E-state index is 12.0. The molecule has 8 heteroatoms. The minimum Gasteiger partial charge on any atom is -0.452 e. The van der Waals surface area contributed by atoms with Crippen molar-refractivity contribution in [3.05, 3.63) is 87.3 Å². The van der Waals surface area contributed by atoms with Gasteiger partial charge in [-0.25, -0.2) is 4.79 Å². The molecular weight excluding hydrogens is 404 g/mol. The quantitative estimate of drug-likeness (QED) is 0.255. The zero-order valence-electron chi connectivity index (χ0n) is 16.0. The Kier molecular flexibility index (Phi) is 6.71. The maximum Gasteiger partial charge on any atom is 0.331 e. The van der Waals surface area contributed by atoms with E-state index in [2.05, 4.69) is 5.32 Å². The Morgan fingerprint density at radius 3 is 2.60 bits per heavy atom. The van der Waals surface area contributed by atoms with E-state index in [1.165, 1.54) is 29.5 Å². The van der Waals surface area contributed by atoms with Crippen molar-refractivity contribution in [2.45, 2.75) is 6.92 Å². The van der Waals surface area contributed by atoms with Crippen LogP contribution in [0.5, 0.6) is 0 Å². The number of carbonyl (C=O) groups excluding carboxylic acids is 2. The Morgan fingerprint density at radius 1 is 1.10 bits per heavy atom. The summed E-state index contributed by atoms with van der Waals surface area (Å²) < 4.78 is 4.93. The Morgan fingerprint density at radius 2 is 1.87 bits per heavy atom. The van der Waals surface area contributed by atoms with E-state index in [1.54, 1.807) is 19.1 Å². The lowest BCUT2D eigenvalue weighted by atomic mass is 10.1. The lowest BCUT2D eigenvalue weighted by Crippen LogP contribution is -2.21. The van der Waals surface area contributed by atoms with Crippen LogP contribution < -0.4 is 5.32 Å². The number of anilines is 1. The van der Waals surface area contributed by atoms with Crippen molar-refractivity contribution < 1.29 is 19.2 Å². The number of nitrogens with one attached hydrogen (secondary N) is 1. The fourth-order valence-corrected chi connectivity index (χ4v) is 3.59. The Hall–Kier alpha value is -3.78. The second-order valence-corrected chi connectivity index (χ2v) is 7.40. The number of para-hydroxylation sites is 1. The first kappa shape index (κ1) is 20.9. The molecular formula is C22H18N2O5S. The molecule has 0 fully saturated rings. The van der Waals surface area contributed by atoms with Crippen LogP contribution in [0.4, 0.5) is 11.4 Å². The standard InChI is InChI=1S/C22H18N2O5S/c1-15-6-5-9-18(24(27)28)22(15)23-20(25)14-29-21(26)13-11-17-10-12-19(30-17)16-7-3-2-4-8-16/h2-13H,14H2,1H3,(H,23,25)/b13-11+. The molecule has 0 spiro atoms. The zero-order valence-corrected chi connectivity index (χ0v) is 16.8. The van der Waals surface area contributed by atoms with Crippen molar-refractivity contribution in [2.75, 3.05) is 11.9 Å². The highest BCUT2D eigenvalue weighted by Crippen LogP contribution is 2.29. The van der Waals surface area contributed by atoms with Gasteiger partial charge >= 0.3 is 5.97 Å². The van der Waals surface area contributed by atoms with E-state index in [9.17, 15) is 19.7 Å². The van der Waals surface area contributed by atoms with Gasteiger partial charge in [0.05, 0.1) is 4.92 Å². The number of ether oxygens (including phenoxy) is 1. The molecule has 0 radical (unpaired) electrons. The maximum atomic E-state index is 12.0. The molecule has 0 saturated heterocycles. The van der Waals surface area contributed by atoms with Crippen LogP contribution in [0.15, 0.2) is 66.7 Å². The van der Waals surface area contributed by atoms with Crippen LogP contribution in [0, 0.1) is 17.0 Å². The number of nitro groups is 1. The molecule has 0 atom stereocenters. The first-order valence-corrected chi connectivity index (χ1v) is 9.79. The van der Waals surface area contributed by atoms with Crippen molar-refractivity contribution >= 4 is 40.7 Å². The number of nitrogens with zero attached hydrogens (tertiary/aromatic N) is 1. The van der Waals surface area contributed by atoms with Crippen molar-refractivity contribution in [2.24, 2.45) is 0 Å². The molecule has 0 aliphatic heterocycles. The van der Waals surface area contributed by atoms with Crippen LogP contribution in [0.2, 0.25) is 0 Å². The van der Waals surface area contributed by atoms with Gasteiger partial charge in [-0.2, -0.15) is 0 Å². The zero-order chi connectivity index (χ0) is 21.5. The summed E-state index contributed by atoms with van der Waals surface area (Å²) in [4.78, 5) is 36.4. The van der Waals surface area contributed by atoms with Gasteiger partial charge in [-0.05, 0) is 36.3 Å². The normalized spacial score (nSPS) is 10.7. The van der Waals surface area contributed by atoms with E-state index in [4.69, 9.17) is 4.74 Å². The molecule has 0 aliphatic rings. The van der Waals surface area contributed by atoms with Crippen molar-refractivity contribution in [1.29, 1.82) is 0 Å². The monoisotopic (exact) mass is 422 g/mol. The van der Waals surface area contributed by atoms with Crippen molar-refractivity contribution in [3.63, 3.8) is 0 Å². The highest BCUT2D eigenvalue weighted by atomic mass is 32.1. The fourth-order valence-electron chi connectivity index (χ4n) is 2.68. The summed E-state index contributed by atoms with van der Waals surface area (Å²) in [6.07, 6.45) is 2.85. The fraction of sp³-hybridized carbons (Fsp3) is 0.0909. The first-order valence-electron chi connectivity index (χ1n) is 8.98. The van der Waals surface area contributed by atoms with E-state index in [-0.39, 0.29) is 11.4 Å². The summed E-state index contributed by atoms with van der Waals surface area (Å²) in [5, 5.41) is 13.5. The molecule has 3 aromatic rings. The van der Waals surface area contributed by atoms with Crippen LogP contribution in [0.3, 0.4) is 0 Å². The number of rotatable bonds is 7. The molecule has 0 saturated carbocycles. The third kappa shape index (κ3) is 5.39. The van der Waals surface area contributed by atoms with E-state index in [1.807, 2.05) is 42.5 Å². The molecule has 1 N–H and O–H groups in total. The summed E-state index contributed by atoms with van der Waals surface area (Å²) in [7, 11) is 0. The second-order valence-electron chi connectivity index (χ2n) is 6.28. The highest BCUT2D eigenvalue weighted by molar-refractivity contribution is 7.16. The third-order valence-corrected chi connectivity index (χ3v) is 5.23. The van der Waals surface area contributed by atoms with Gasteiger partial charge < -0.3 is 10.1 Å². The first-order chi connectivity index (χ1) is 14.4. The summed E-state index contributed by atoms with van der Waals surface area (Å²) in [5.41, 5.74) is 1.50. The van der Waals surface area contributed by atoms with Crippen molar-refractivity contribution in [1.82, 2.24) is 0 Å². The van der Waals surface area contributed by atoms with Crippen LogP contribution >= 0.6 is 11.3 Å². The van der Waals surface area contributed by atoms with Gasteiger partial charge in [0.15, 0.2) is 6.61 Å². The van der Waals surface area contributed by atoms with Gasteiger partial charge in [-0.3, -0.25) is 14.9 Å². The lowest BCUT2D eigenvalue weighted by Gasteiger charge is -2.08. The summed E-state index contributed by atoms with van der Waals surface area (Å²) in [6, 6.07) is 18.2.